The lowest BCUT2D eigenvalue weighted by atomic mass is 10.2. The average molecular weight is 320 g/mol. The zero-order chi connectivity index (χ0) is 15.1. The van der Waals surface area contributed by atoms with Gasteiger partial charge in [-0.3, -0.25) is 9.36 Å². The standard InChI is InChI=1S/C15H11Cl2N3O/c1-8-19-14-12(6-9(16)7-13(14)17)15(21)20(8)11-4-2-10(18)3-5-11/h2-7H,18H2,1H3. The Bertz CT molecular complexity index is 901. The Morgan fingerprint density at radius 1 is 1.14 bits per heavy atom. The normalized spacial score (nSPS) is 11.0. The Morgan fingerprint density at radius 3 is 2.48 bits per heavy atom. The lowest BCUT2D eigenvalue weighted by Gasteiger charge is -2.12. The molecule has 0 saturated heterocycles. The minimum Gasteiger partial charge on any atom is -0.399 e. The van der Waals surface area contributed by atoms with Crippen molar-refractivity contribution in [2.45, 2.75) is 6.92 Å². The molecule has 3 rings (SSSR count). The third-order valence-corrected chi connectivity index (χ3v) is 3.72. The van der Waals surface area contributed by atoms with Crippen LogP contribution < -0.4 is 11.3 Å². The predicted molar refractivity (Wildman–Crippen MR) is 86.5 cm³/mol. The van der Waals surface area contributed by atoms with Crippen LogP contribution in [-0.2, 0) is 0 Å². The summed E-state index contributed by atoms with van der Waals surface area (Å²) in [7, 11) is 0. The van der Waals surface area contributed by atoms with Gasteiger partial charge in [0.25, 0.3) is 5.56 Å². The number of anilines is 1. The molecule has 1 heterocycles. The highest BCUT2D eigenvalue weighted by molar-refractivity contribution is 6.38. The summed E-state index contributed by atoms with van der Waals surface area (Å²) in [6, 6.07) is 10.1. The summed E-state index contributed by atoms with van der Waals surface area (Å²) in [5, 5.41) is 1.15. The number of fused-ring (bicyclic) bond motifs is 1. The van der Waals surface area contributed by atoms with Crippen LogP contribution in [-0.4, -0.2) is 9.55 Å². The Kier molecular flexibility index (Phi) is 3.35. The van der Waals surface area contributed by atoms with Gasteiger partial charge in [-0.1, -0.05) is 23.2 Å². The zero-order valence-corrected chi connectivity index (χ0v) is 12.6. The number of nitrogens with two attached hydrogens (primary N) is 1. The molecule has 4 nitrogen and oxygen atoms in total. The maximum absolute atomic E-state index is 12.7. The summed E-state index contributed by atoms with van der Waals surface area (Å²) < 4.78 is 1.51. The van der Waals surface area contributed by atoms with Crippen LogP contribution in [0.25, 0.3) is 16.6 Å². The fourth-order valence-electron chi connectivity index (χ4n) is 2.25. The molecule has 2 N–H and O–H groups in total. The van der Waals surface area contributed by atoms with Crippen molar-refractivity contribution in [2.75, 3.05) is 5.73 Å². The van der Waals surface area contributed by atoms with Crippen molar-refractivity contribution in [3.63, 3.8) is 0 Å². The van der Waals surface area contributed by atoms with Crippen LogP contribution in [0.15, 0.2) is 41.2 Å². The predicted octanol–water partition coefficient (Wildman–Crippen LogP) is 3.58. The first-order valence-electron chi connectivity index (χ1n) is 6.21. The number of aromatic nitrogens is 2. The number of aryl methyl sites for hydroxylation is 1. The molecule has 0 saturated carbocycles. The van der Waals surface area contributed by atoms with Crippen molar-refractivity contribution in [2.24, 2.45) is 0 Å². The second-order valence-corrected chi connectivity index (χ2v) is 5.52. The smallest absolute Gasteiger partial charge is 0.266 e. The molecule has 0 aliphatic rings. The molecule has 0 spiro atoms. The third kappa shape index (κ3) is 2.37. The molecule has 6 heteroatoms. The molecule has 1 aromatic heterocycles. The van der Waals surface area contributed by atoms with E-state index in [1.807, 2.05) is 0 Å². The summed E-state index contributed by atoms with van der Waals surface area (Å²) in [5.74, 6) is 0.543. The summed E-state index contributed by atoms with van der Waals surface area (Å²) in [5.41, 5.74) is 7.23. The van der Waals surface area contributed by atoms with E-state index in [1.165, 1.54) is 4.57 Å². The van der Waals surface area contributed by atoms with Gasteiger partial charge in [-0.15, -0.1) is 0 Å². The molecule has 0 aliphatic carbocycles. The Morgan fingerprint density at radius 2 is 1.81 bits per heavy atom. The van der Waals surface area contributed by atoms with Gasteiger partial charge < -0.3 is 5.73 Å². The van der Waals surface area contributed by atoms with Crippen LogP contribution in [0.3, 0.4) is 0 Å². The van der Waals surface area contributed by atoms with Crippen molar-refractivity contribution in [1.29, 1.82) is 0 Å². The van der Waals surface area contributed by atoms with Gasteiger partial charge in [0.2, 0.25) is 0 Å². The van der Waals surface area contributed by atoms with E-state index in [0.29, 0.717) is 38.1 Å². The van der Waals surface area contributed by atoms with Crippen LogP contribution in [0.5, 0.6) is 0 Å². The second kappa shape index (κ2) is 5.06. The van der Waals surface area contributed by atoms with Gasteiger partial charge in [-0.25, -0.2) is 4.98 Å². The van der Waals surface area contributed by atoms with Gasteiger partial charge in [0, 0.05) is 10.7 Å². The molecule has 106 valence electrons. The van der Waals surface area contributed by atoms with Gasteiger partial charge in [0.1, 0.15) is 5.82 Å². The van der Waals surface area contributed by atoms with Crippen LogP contribution in [0, 0.1) is 6.92 Å². The number of nitrogens with zero attached hydrogens (tertiary/aromatic N) is 2. The van der Waals surface area contributed by atoms with E-state index in [4.69, 9.17) is 28.9 Å². The number of hydrogen-bond donors (Lipinski definition) is 1. The summed E-state index contributed by atoms with van der Waals surface area (Å²) in [6.45, 7) is 1.75. The number of nitrogen functional groups attached to an aromatic ring is 1. The molecule has 21 heavy (non-hydrogen) atoms. The lowest BCUT2D eigenvalue weighted by Crippen LogP contribution is -2.22. The highest BCUT2D eigenvalue weighted by Crippen LogP contribution is 2.25. The first-order chi connectivity index (χ1) is 9.97. The van der Waals surface area contributed by atoms with Gasteiger partial charge in [-0.2, -0.15) is 0 Å². The SMILES string of the molecule is Cc1nc2c(Cl)cc(Cl)cc2c(=O)n1-c1ccc(N)cc1. The summed E-state index contributed by atoms with van der Waals surface area (Å²) in [6.07, 6.45) is 0. The van der Waals surface area contributed by atoms with Crippen molar-refractivity contribution in [3.05, 3.63) is 62.6 Å². The number of benzene rings is 2. The Balaban J connectivity index is 2.39. The van der Waals surface area contributed by atoms with Crippen molar-refractivity contribution < 1.29 is 0 Å². The van der Waals surface area contributed by atoms with Gasteiger partial charge in [0.15, 0.2) is 0 Å². The summed E-state index contributed by atoms with van der Waals surface area (Å²) in [4.78, 5) is 17.1. The van der Waals surface area contributed by atoms with E-state index in [-0.39, 0.29) is 5.56 Å². The van der Waals surface area contributed by atoms with E-state index in [2.05, 4.69) is 4.98 Å². The number of rotatable bonds is 1. The molecule has 0 atom stereocenters. The lowest BCUT2D eigenvalue weighted by molar-refractivity contribution is 0.895. The topological polar surface area (TPSA) is 60.9 Å². The largest absolute Gasteiger partial charge is 0.399 e. The molecule has 0 unspecified atom stereocenters. The second-order valence-electron chi connectivity index (χ2n) is 4.67. The zero-order valence-electron chi connectivity index (χ0n) is 11.1. The van der Waals surface area contributed by atoms with Gasteiger partial charge in [0.05, 0.1) is 21.6 Å². The highest BCUT2D eigenvalue weighted by atomic mass is 35.5. The molecule has 0 amide bonds. The van der Waals surface area contributed by atoms with Crippen molar-refractivity contribution in [3.8, 4) is 5.69 Å². The highest BCUT2D eigenvalue weighted by Gasteiger charge is 2.13. The van der Waals surface area contributed by atoms with E-state index >= 15 is 0 Å². The fraction of sp³-hybridized carbons (Fsp3) is 0.0667. The minimum atomic E-state index is -0.216. The van der Waals surface area contributed by atoms with Crippen LogP contribution in [0.2, 0.25) is 10.0 Å². The Labute approximate surface area is 130 Å². The van der Waals surface area contributed by atoms with Crippen LogP contribution in [0.1, 0.15) is 5.82 Å². The quantitative estimate of drug-likeness (QED) is 0.697. The first-order valence-corrected chi connectivity index (χ1v) is 6.97. The number of hydrogen-bond acceptors (Lipinski definition) is 3. The van der Waals surface area contributed by atoms with Crippen molar-refractivity contribution >= 4 is 39.8 Å². The van der Waals surface area contributed by atoms with Gasteiger partial charge >= 0.3 is 0 Å². The molecule has 2 aromatic carbocycles. The molecule has 0 radical (unpaired) electrons. The Hall–Kier alpha value is -2.04. The monoisotopic (exact) mass is 319 g/mol. The van der Waals surface area contributed by atoms with E-state index in [9.17, 15) is 4.79 Å². The average Bonchev–Trinajstić information content (AvgIpc) is 2.42. The molecule has 0 bridgehead atoms. The van der Waals surface area contributed by atoms with E-state index in [0.717, 1.165) is 0 Å². The van der Waals surface area contributed by atoms with Crippen LogP contribution >= 0.6 is 23.2 Å². The molecular formula is C15H11Cl2N3O. The maximum Gasteiger partial charge on any atom is 0.266 e. The van der Waals surface area contributed by atoms with E-state index < -0.39 is 0 Å². The van der Waals surface area contributed by atoms with Crippen LogP contribution in [0.4, 0.5) is 5.69 Å². The van der Waals surface area contributed by atoms with Gasteiger partial charge in [-0.05, 0) is 43.3 Å². The molecule has 3 aromatic rings. The molecule has 0 aliphatic heterocycles. The number of halogens is 2. The molecular weight excluding hydrogens is 309 g/mol. The minimum absolute atomic E-state index is 0.216. The maximum atomic E-state index is 12.7. The first kappa shape index (κ1) is 13.9. The van der Waals surface area contributed by atoms with Crippen molar-refractivity contribution in [1.82, 2.24) is 9.55 Å². The fourth-order valence-corrected chi connectivity index (χ4v) is 2.79. The summed E-state index contributed by atoms with van der Waals surface area (Å²) >= 11 is 12.1. The van der Waals surface area contributed by atoms with E-state index in [1.54, 1.807) is 43.3 Å². The third-order valence-electron chi connectivity index (χ3n) is 3.21. The molecule has 0 fully saturated rings.